The Morgan fingerprint density at radius 2 is 1.57 bits per heavy atom. The van der Waals surface area contributed by atoms with E-state index in [1.54, 1.807) is 42.5 Å². The van der Waals surface area contributed by atoms with Gasteiger partial charge in [0, 0.05) is 34.6 Å². The van der Waals surface area contributed by atoms with Gasteiger partial charge in [-0.05, 0) is 35.9 Å². The van der Waals surface area contributed by atoms with Crippen molar-refractivity contribution in [3.05, 3.63) is 94.8 Å². The van der Waals surface area contributed by atoms with Gasteiger partial charge in [0.25, 0.3) is 5.91 Å². The fourth-order valence-corrected chi connectivity index (χ4v) is 3.88. The number of carbonyl (C=O) groups is 1. The lowest BCUT2D eigenvalue weighted by atomic mass is 10.0. The molecule has 0 saturated heterocycles. The van der Waals surface area contributed by atoms with Gasteiger partial charge in [0.2, 0.25) is 5.43 Å². The van der Waals surface area contributed by atoms with Gasteiger partial charge in [0.1, 0.15) is 5.56 Å². The second-order valence-corrected chi connectivity index (χ2v) is 8.89. The molecule has 0 bridgehead atoms. The van der Waals surface area contributed by atoms with E-state index in [4.69, 9.17) is 0 Å². The van der Waals surface area contributed by atoms with Crippen LogP contribution in [-0.2, 0) is 9.84 Å². The van der Waals surface area contributed by atoms with Gasteiger partial charge in [-0.15, -0.1) is 0 Å². The predicted molar refractivity (Wildman–Crippen MR) is 118 cm³/mol. The van der Waals surface area contributed by atoms with E-state index in [0.29, 0.717) is 22.2 Å². The fourth-order valence-electron chi connectivity index (χ4n) is 3.25. The van der Waals surface area contributed by atoms with Crippen LogP contribution in [0.2, 0.25) is 0 Å². The van der Waals surface area contributed by atoms with Gasteiger partial charge in [0.15, 0.2) is 9.84 Å². The maximum Gasteiger partial charge on any atom is 0.261 e. The Bertz CT molecular complexity index is 1420. The predicted octanol–water partition coefficient (Wildman–Crippen LogP) is 3.85. The molecule has 1 heterocycles. The lowest BCUT2D eigenvalue weighted by molar-refractivity contribution is 0.102. The van der Waals surface area contributed by atoms with Crippen LogP contribution in [0.4, 0.5) is 5.69 Å². The number of aromatic amines is 1. The molecule has 0 aliphatic heterocycles. The molecule has 3 aromatic carbocycles. The van der Waals surface area contributed by atoms with Crippen molar-refractivity contribution in [2.75, 3.05) is 11.6 Å². The smallest absolute Gasteiger partial charge is 0.261 e. The summed E-state index contributed by atoms with van der Waals surface area (Å²) in [7, 11) is -3.30. The normalized spacial score (nSPS) is 11.4. The van der Waals surface area contributed by atoms with Crippen LogP contribution in [0.3, 0.4) is 0 Å². The molecule has 0 fully saturated rings. The molecule has 0 atom stereocenters. The third-order valence-corrected chi connectivity index (χ3v) is 5.93. The molecule has 7 heteroatoms. The van der Waals surface area contributed by atoms with Crippen LogP contribution in [0.25, 0.3) is 22.0 Å². The van der Waals surface area contributed by atoms with E-state index in [0.717, 1.165) is 11.8 Å². The Kier molecular flexibility index (Phi) is 4.97. The number of carbonyl (C=O) groups excluding carboxylic acids is 1. The summed E-state index contributed by atoms with van der Waals surface area (Å²) < 4.78 is 23.4. The molecule has 4 aromatic rings. The molecule has 0 radical (unpaired) electrons. The van der Waals surface area contributed by atoms with E-state index in [1.165, 1.54) is 18.3 Å². The average molecular weight is 418 g/mol. The molecule has 150 valence electrons. The van der Waals surface area contributed by atoms with Crippen LogP contribution < -0.4 is 10.7 Å². The summed E-state index contributed by atoms with van der Waals surface area (Å²) in [6.07, 6.45) is 2.56. The van der Waals surface area contributed by atoms with Crippen molar-refractivity contribution in [3.8, 4) is 11.1 Å². The molecule has 0 spiro atoms. The van der Waals surface area contributed by atoms with E-state index >= 15 is 0 Å². The number of sulfone groups is 1. The number of aromatic nitrogens is 1. The number of H-pyrrole nitrogens is 1. The minimum absolute atomic E-state index is 0.0101. The monoisotopic (exact) mass is 418 g/mol. The van der Waals surface area contributed by atoms with E-state index < -0.39 is 15.7 Å². The lowest BCUT2D eigenvalue weighted by Crippen LogP contribution is -2.22. The Morgan fingerprint density at radius 3 is 2.30 bits per heavy atom. The second-order valence-electron chi connectivity index (χ2n) is 6.87. The number of hydrogen-bond acceptors (Lipinski definition) is 4. The number of anilines is 1. The van der Waals surface area contributed by atoms with Gasteiger partial charge in [-0.2, -0.15) is 0 Å². The summed E-state index contributed by atoms with van der Waals surface area (Å²) in [4.78, 5) is 28.7. The minimum atomic E-state index is -3.30. The van der Waals surface area contributed by atoms with E-state index in [2.05, 4.69) is 10.3 Å². The molecule has 2 N–H and O–H groups in total. The molecule has 0 unspecified atom stereocenters. The van der Waals surface area contributed by atoms with Crippen LogP contribution in [0.15, 0.2) is 88.7 Å². The highest BCUT2D eigenvalue weighted by Crippen LogP contribution is 2.29. The number of para-hydroxylation sites is 2. The van der Waals surface area contributed by atoms with Crippen molar-refractivity contribution in [1.29, 1.82) is 0 Å². The zero-order chi connectivity index (χ0) is 21.3. The highest BCUT2D eigenvalue weighted by Gasteiger charge is 2.15. The minimum Gasteiger partial charge on any atom is -0.360 e. The van der Waals surface area contributed by atoms with Gasteiger partial charge in [-0.25, -0.2) is 8.42 Å². The third kappa shape index (κ3) is 3.75. The second kappa shape index (κ2) is 7.61. The molecule has 6 nitrogen and oxygen atoms in total. The zero-order valence-corrected chi connectivity index (χ0v) is 16.9. The third-order valence-electron chi connectivity index (χ3n) is 4.80. The summed E-state index contributed by atoms with van der Waals surface area (Å²) >= 11 is 0. The SMILES string of the molecule is CS(=O)(=O)c1ccc(-c2ccccc2NC(=O)c2c[nH]c3ccccc3c2=O)cc1. The van der Waals surface area contributed by atoms with E-state index in [9.17, 15) is 18.0 Å². The Hall–Kier alpha value is -3.71. The van der Waals surface area contributed by atoms with Crippen LogP contribution in [0.5, 0.6) is 0 Å². The van der Waals surface area contributed by atoms with Crippen LogP contribution in [0, 0.1) is 0 Å². The summed E-state index contributed by atoms with van der Waals surface area (Å²) in [6.45, 7) is 0. The summed E-state index contributed by atoms with van der Waals surface area (Å²) in [6, 6.07) is 20.5. The van der Waals surface area contributed by atoms with Crippen molar-refractivity contribution in [2.45, 2.75) is 4.90 Å². The first-order valence-electron chi connectivity index (χ1n) is 9.16. The lowest BCUT2D eigenvalue weighted by Gasteiger charge is -2.12. The summed E-state index contributed by atoms with van der Waals surface area (Å²) in [5, 5.41) is 3.24. The molecule has 1 aromatic heterocycles. The van der Waals surface area contributed by atoms with Crippen LogP contribution in [-0.4, -0.2) is 25.6 Å². The van der Waals surface area contributed by atoms with Gasteiger partial charge in [-0.1, -0.05) is 42.5 Å². The maximum absolute atomic E-state index is 12.8. The fraction of sp³-hybridized carbons (Fsp3) is 0.0435. The van der Waals surface area contributed by atoms with Crippen molar-refractivity contribution < 1.29 is 13.2 Å². The Morgan fingerprint density at radius 1 is 0.900 bits per heavy atom. The number of pyridine rings is 1. The molecular formula is C23H18N2O4S. The largest absolute Gasteiger partial charge is 0.360 e. The van der Waals surface area contributed by atoms with Crippen molar-refractivity contribution >= 4 is 32.3 Å². The summed E-state index contributed by atoms with van der Waals surface area (Å²) in [5.41, 5.74) is 2.29. The zero-order valence-electron chi connectivity index (χ0n) is 16.0. The van der Waals surface area contributed by atoms with Gasteiger partial charge in [-0.3, -0.25) is 9.59 Å². The standard InChI is InChI=1S/C23H18N2O4S/c1-30(28,29)16-12-10-15(11-13-16)17-6-2-5-9-21(17)25-23(27)19-14-24-20-8-4-3-7-18(20)22(19)26/h2-14H,1H3,(H,24,26)(H,25,27). The number of amides is 1. The molecule has 4 rings (SSSR count). The molecule has 0 aliphatic carbocycles. The molecule has 0 saturated carbocycles. The summed E-state index contributed by atoms with van der Waals surface area (Å²) in [5.74, 6) is -0.526. The van der Waals surface area contributed by atoms with E-state index in [1.807, 2.05) is 18.2 Å². The quantitative estimate of drug-likeness (QED) is 0.526. The van der Waals surface area contributed by atoms with Crippen LogP contribution in [0.1, 0.15) is 10.4 Å². The first-order valence-corrected chi connectivity index (χ1v) is 11.0. The number of benzene rings is 3. The molecule has 0 aliphatic rings. The Labute approximate surface area is 173 Å². The number of hydrogen-bond donors (Lipinski definition) is 2. The van der Waals surface area contributed by atoms with Crippen molar-refractivity contribution in [1.82, 2.24) is 4.98 Å². The Balaban J connectivity index is 1.69. The van der Waals surface area contributed by atoms with Crippen LogP contribution >= 0.6 is 0 Å². The first-order chi connectivity index (χ1) is 14.3. The van der Waals surface area contributed by atoms with E-state index in [-0.39, 0.29) is 15.9 Å². The highest BCUT2D eigenvalue weighted by atomic mass is 32.2. The number of rotatable bonds is 4. The van der Waals surface area contributed by atoms with Crippen molar-refractivity contribution in [3.63, 3.8) is 0 Å². The average Bonchev–Trinajstić information content (AvgIpc) is 2.74. The number of nitrogens with one attached hydrogen (secondary N) is 2. The van der Waals surface area contributed by atoms with Crippen molar-refractivity contribution in [2.24, 2.45) is 0 Å². The van der Waals surface area contributed by atoms with Gasteiger partial charge in [0.05, 0.1) is 4.90 Å². The first kappa shape index (κ1) is 19.6. The maximum atomic E-state index is 12.8. The molecular weight excluding hydrogens is 400 g/mol. The highest BCUT2D eigenvalue weighted by molar-refractivity contribution is 7.90. The van der Waals surface area contributed by atoms with Gasteiger partial charge < -0.3 is 10.3 Å². The number of fused-ring (bicyclic) bond motifs is 1. The molecule has 1 amide bonds. The topological polar surface area (TPSA) is 96.1 Å². The van der Waals surface area contributed by atoms with Gasteiger partial charge >= 0.3 is 0 Å². The molecule has 30 heavy (non-hydrogen) atoms.